The van der Waals surface area contributed by atoms with E-state index in [1.165, 1.54) is 6.07 Å². The summed E-state index contributed by atoms with van der Waals surface area (Å²) in [6.07, 6.45) is 0. The number of halogens is 1. The molecule has 0 saturated carbocycles. The molecule has 1 aromatic heterocycles. The molecular weight excluding hydrogens is 196 g/mol. The smallest absolute Gasteiger partial charge is 0.131 e. The summed E-state index contributed by atoms with van der Waals surface area (Å²) in [6.45, 7) is 3.94. The molecule has 14 heavy (non-hydrogen) atoms. The first-order valence-corrected chi connectivity index (χ1v) is 4.98. The molecule has 0 N–H and O–H groups in total. The van der Waals surface area contributed by atoms with Crippen molar-refractivity contribution in [3.63, 3.8) is 0 Å². The molecule has 1 nitrogen and oxygen atoms in total. The van der Waals surface area contributed by atoms with Crippen LogP contribution in [0.5, 0.6) is 0 Å². The van der Waals surface area contributed by atoms with Crippen molar-refractivity contribution >= 4 is 25.4 Å². The summed E-state index contributed by atoms with van der Waals surface area (Å²) in [4.78, 5) is 4.40. The summed E-state index contributed by atoms with van der Waals surface area (Å²) in [7, 11) is 2.37. The number of fused-ring (bicyclic) bond motifs is 1. The van der Waals surface area contributed by atoms with Crippen molar-refractivity contribution in [3.8, 4) is 0 Å². The lowest BCUT2D eigenvalue weighted by Crippen LogP contribution is -1.99. The van der Waals surface area contributed by atoms with Gasteiger partial charge in [-0.05, 0) is 37.6 Å². The molecule has 0 aliphatic heterocycles. The molecule has 1 unspecified atom stereocenters. The van der Waals surface area contributed by atoms with Crippen LogP contribution in [-0.2, 0) is 0 Å². The van der Waals surface area contributed by atoms with Gasteiger partial charge in [-0.2, -0.15) is 0 Å². The number of hydrogen-bond donors (Lipinski definition) is 0. The van der Waals surface area contributed by atoms with Crippen LogP contribution in [0.1, 0.15) is 11.3 Å². The van der Waals surface area contributed by atoms with Crippen molar-refractivity contribution in [2.24, 2.45) is 0 Å². The largest absolute Gasteiger partial charge is 0.253 e. The molecule has 2 aromatic rings. The molecule has 1 aromatic carbocycles. The van der Waals surface area contributed by atoms with Crippen LogP contribution in [0.2, 0.25) is 0 Å². The van der Waals surface area contributed by atoms with Crippen molar-refractivity contribution < 1.29 is 4.39 Å². The van der Waals surface area contributed by atoms with Gasteiger partial charge in [0, 0.05) is 16.4 Å². The predicted octanol–water partition coefficient (Wildman–Crippen LogP) is 2.49. The summed E-state index contributed by atoms with van der Waals surface area (Å²) in [5.74, 6) is -0.201. The van der Waals surface area contributed by atoms with Crippen molar-refractivity contribution in [2.45, 2.75) is 13.8 Å². The molecule has 0 fully saturated rings. The number of benzene rings is 1. The molecule has 0 radical (unpaired) electrons. The zero-order valence-corrected chi connectivity index (χ0v) is 9.29. The maximum atomic E-state index is 13.2. The zero-order chi connectivity index (χ0) is 10.3. The molecule has 0 spiro atoms. The highest BCUT2D eigenvalue weighted by Crippen LogP contribution is 2.17. The average molecular weight is 207 g/mol. The fraction of sp³-hybridized carbons (Fsp3) is 0.182. The topological polar surface area (TPSA) is 12.9 Å². The van der Waals surface area contributed by atoms with E-state index >= 15 is 0 Å². The van der Waals surface area contributed by atoms with Crippen molar-refractivity contribution in [1.29, 1.82) is 0 Å². The monoisotopic (exact) mass is 207 g/mol. The SMILES string of the molecule is Cc1cc2cc(F)c(P)cc2nc1C. The standard InChI is InChI=1S/C11H11FNP/c1-6-3-8-4-9(12)11(14)5-10(8)13-7(6)2/h3-5H,14H2,1-2H3. The Labute approximate surface area is 84.6 Å². The van der Waals surface area contributed by atoms with Crippen LogP contribution in [0.25, 0.3) is 10.9 Å². The molecule has 0 aliphatic carbocycles. The van der Waals surface area contributed by atoms with Gasteiger partial charge >= 0.3 is 0 Å². The van der Waals surface area contributed by atoms with E-state index in [0.717, 1.165) is 22.2 Å². The van der Waals surface area contributed by atoms with Crippen molar-refractivity contribution in [3.05, 3.63) is 35.3 Å². The highest BCUT2D eigenvalue weighted by molar-refractivity contribution is 7.27. The van der Waals surface area contributed by atoms with Crippen LogP contribution in [-0.4, -0.2) is 4.98 Å². The first-order chi connectivity index (χ1) is 6.58. The van der Waals surface area contributed by atoms with Gasteiger partial charge in [0.15, 0.2) is 0 Å². The maximum absolute atomic E-state index is 13.2. The van der Waals surface area contributed by atoms with E-state index in [1.54, 1.807) is 6.07 Å². The molecular formula is C11H11FNP. The number of pyridine rings is 1. The lowest BCUT2D eigenvalue weighted by Gasteiger charge is -2.04. The average Bonchev–Trinajstić information content (AvgIpc) is 2.11. The van der Waals surface area contributed by atoms with Crippen LogP contribution in [0.4, 0.5) is 4.39 Å². The van der Waals surface area contributed by atoms with Crippen LogP contribution >= 0.6 is 9.24 Å². The maximum Gasteiger partial charge on any atom is 0.131 e. The highest BCUT2D eigenvalue weighted by atomic mass is 31.0. The minimum absolute atomic E-state index is 0.201. The Morgan fingerprint density at radius 2 is 1.93 bits per heavy atom. The molecule has 2 rings (SSSR count). The molecule has 0 aliphatic rings. The van der Waals surface area contributed by atoms with E-state index in [4.69, 9.17) is 0 Å². The molecule has 0 bridgehead atoms. The zero-order valence-electron chi connectivity index (χ0n) is 8.13. The second-order valence-electron chi connectivity index (χ2n) is 3.46. The van der Waals surface area contributed by atoms with Gasteiger partial charge in [-0.15, -0.1) is 9.24 Å². The molecule has 72 valence electrons. The predicted molar refractivity (Wildman–Crippen MR) is 60.5 cm³/mol. The fourth-order valence-corrected chi connectivity index (χ4v) is 1.65. The summed E-state index contributed by atoms with van der Waals surface area (Å²) in [5, 5.41) is 1.42. The van der Waals surface area contributed by atoms with Crippen LogP contribution in [0.15, 0.2) is 18.2 Å². The third-order valence-electron chi connectivity index (χ3n) is 2.38. The second kappa shape index (κ2) is 3.29. The van der Waals surface area contributed by atoms with E-state index < -0.39 is 0 Å². The highest BCUT2D eigenvalue weighted by Gasteiger charge is 2.03. The summed E-state index contributed by atoms with van der Waals surface area (Å²) < 4.78 is 13.2. The Morgan fingerprint density at radius 1 is 1.21 bits per heavy atom. The second-order valence-corrected chi connectivity index (χ2v) is 4.08. The van der Waals surface area contributed by atoms with Crippen molar-refractivity contribution in [1.82, 2.24) is 4.98 Å². The minimum Gasteiger partial charge on any atom is -0.253 e. The number of nitrogens with zero attached hydrogens (tertiary/aromatic N) is 1. The number of aryl methyl sites for hydroxylation is 2. The Bertz CT molecular complexity index is 419. The normalized spacial score (nSPS) is 10.9. The van der Waals surface area contributed by atoms with E-state index in [-0.39, 0.29) is 5.82 Å². The van der Waals surface area contributed by atoms with Gasteiger partial charge in [-0.1, -0.05) is 0 Å². The Hall–Kier alpha value is -1.01. The van der Waals surface area contributed by atoms with Gasteiger partial charge in [-0.25, -0.2) is 4.39 Å². The van der Waals surface area contributed by atoms with Gasteiger partial charge in [0.1, 0.15) is 5.82 Å². The quantitative estimate of drug-likeness (QED) is 0.605. The summed E-state index contributed by atoms with van der Waals surface area (Å²) in [6, 6.07) is 5.24. The van der Waals surface area contributed by atoms with Crippen LogP contribution in [0.3, 0.4) is 0 Å². The summed E-state index contributed by atoms with van der Waals surface area (Å²) in [5.41, 5.74) is 2.93. The molecule has 1 atom stereocenters. The molecule has 3 heteroatoms. The van der Waals surface area contributed by atoms with Gasteiger partial charge < -0.3 is 0 Å². The molecule has 1 heterocycles. The van der Waals surface area contributed by atoms with E-state index in [2.05, 4.69) is 14.2 Å². The van der Waals surface area contributed by atoms with E-state index in [9.17, 15) is 4.39 Å². The third kappa shape index (κ3) is 1.51. The third-order valence-corrected chi connectivity index (χ3v) is 2.82. The number of rotatable bonds is 0. The summed E-state index contributed by atoms with van der Waals surface area (Å²) >= 11 is 0. The van der Waals surface area contributed by atoms with E-state index in [1.807, 2.05) is 19.9 Å². The van der Waals surface area contributed by atoms with Gasteiger partial charge in [0.05, 0.1) is 5.52 Å². The Morgan fingerprint density at radius 3 is 2.64 bits per heavy atom. The lowest BCUT2D eigenvalue weighted by atomic mass is 10.1. The Balaban J connectivity index is 2.83. The fourth-order valence-electron chi connectivity index (χ4n) is 1.41. The molecule has 0 saturated heterocycles. The minimum atomic E-state index is -0.201. The van der Waals surface area contributed by atoms with Crippen LogP contribution < -0.4 is 5.30 Å². The number of hydrogen-bond acceptors (Lipinski definition) is 1. The van der Waals surface area contributed by atoms with Crippen LogP contribution in [0, 0.1) is 19.7 Å². The number of aromatic nitrogens is 1. The Kier molecular flexibility index (Phi) is 2.24. The van der Waals surface area contributed by atoms with E-state index in [0.29, 0.717) is 5.30 Å². The molecule has 0 amide bonds. The van der Waals surface area contributed by atoms with Gasteiger partial charge in [0.25, 0.3) is 0 Å². The first kappa shape index (κ1) is 9.54. The van der Waals surface area contributed by atoms with Gasteiger partial charge in [0.2, 0.25) is 0 Å². The first-order valence-electron chi connectivity index (χ1n) is 4.41. The lowest BCUT2D eigenvalue weighted by molar-refractivity contribution is 0.638. The van der Waals surface area contributed by atoms with Gasteiger partial charge in [-0.3, -0.25) is 4.98 Å². The van der Waals surface area contributed by atoms with Crippen molar-refractivity contribution in [2.75, 3.05) is 0 Å².